The van der Waals surface area contributed by atoms with Crippen LogP contribution in [0.25, 0.3) is 0 Å². The summed E-state index contributed by atoms with van der Waals surface area (Å²) in [5, 5.41) is 12.5. The lowest BCUT2D eigenvalue weighted by Gasteiger charge is -2.38. The maximum atomic E-state index is 12.5. The van der Waals surface area contributed by atoms with Crippen LogP contribution in [0.4, 0.5) is 4.79 Å². The van der Waals surface area contributed by atoms with E-state index in [-0.39, 0.29) is 24.1 Å². The van der Waals surface area contributed by atoms with Crippen molar-refractivity contribution < 1.29 is 9.90 Å². The summed E-state index contributed by atoms with van der Waals surface area (Å²) in [5.41, 5.74) is 2.50. The zero-order valence-corrected chi connectivity index (χ0v) is 16.1. The van der Waals surface area contributed by atoms with Gasteiger partial charge in [0, 0.05) is 26.2 Å². The molecule has 0 aromatic heterocycles. The molecule has 25 heavy (non-hydrogen) atoms. The van der Waals surface area contributed by atoms with Crippen molar-refractivity contribution >= 4 is 6.03 Å². The SMILES string of the molecule is CCc1ccc([C@H](CNC(=O)N2CCC(C)(CO)CC2)N(C)C)cc1. The fourth-order valence-corrected chi connectivity index (χ4v) is 3.28. The van der Waals surface area contributed by atoms with Gasteiger partial charge in [-0.25, -0.2) is 4.79 Å². The average Bonchev–Trinajstić information content (AvgIpc) is 2.62. The highest BCUT2D eigenvalue weighted by molar-refractivity contribution is 5.74. The lowest BCUT2D eigenvalue weighted by Crippen LogP contribution is -2.48. The first-order valence-corrected chi connectivity index (χ1v) is 9.27. The number of likely N-dealkylation sites (N-methyl/N-ethyl adjacent to an activating group) is 1. The van der Waals surface area contributed by atoms with Crippen LogP contribution in [0.1, 0.15) is 43.9 Å². The predicted octanol–water partition coefficient (Wildman–Crippen LogP) is 2.66. The van der Waals surface area contributed by atoms with E-state index in [0.717, 1.165) is 19.3 Å². The molecule has 2 rings (SSSR count). The van der Waals surface area contributed by atoms with Crippen molar-refractivity contribution in [1.29, 1.82) is 0 Å². The topological polar surface area (TPSA) is 55.8 Å². The van der Waals surface area contributed by atoms with Crippen LogP contribution in [0.15, 0.2) is 24.3 Å². The number of aryl methyl sites for hydroxylation is 1. The molecule has 1 aromatic rings. The maximum absolute atomic E-state index is 12.5. The number of hydrogen-bond donors (Lipinski definition) is 2. The second-order valence-electron chi connectivity index (χ2n) is 7.72. The lowest BCUT2D eigenvalue weighted by atomic mass is 9.81. The van der Waals surface area contributed by atoms with Crippen molar-refractivity contribution in [3.8, 4) is 0 Å². The molecule has 5 heteroatoms. The molecule has 1 atom stereocenters. The Morgan fingerprint density at radius 3 is 2.36 bits per heavy atom. The molecule has 0 bridgehead atoms. The van der Waals surface area contributed by atoms with E-state index in [0.29, 0.717) is 19.6 Å². The van der Waals surface area contributed by atoms with Crippen LogP contribution in [-0.2, 0) is 6.42 Å². The third-order valence-corrected chi connectivity index (χ3v) is 5.48. The van der Waals surface area contributed by atoms with Gasteiger partial charge in [0.15, 0.2) is 0 Å². The number of likely N-dealkylation sites (tertiary alicyclic amines) is 1. The van der Waals surface area contributed by atoms with Crippen molar-refractivity contribution in [2.45, 2.75) is 39.2 Å². The van der Waals surface area contributed by atoms with E-state index in [9.17, 15) is 9.90 Å². The van der Waals surface area contributed by atoms with Crippen LogP contribution in [-0.4, -0.2) is 61.3 Å². The van der Waals surface area contributed by atoms with Gasteiger partial charge in [-0.05, 0) is 49.9 Å². The second-order valence-corrected chi connectivity index (χ2v) is 7.72. The van der Waals surface area contributed by atoms with E-state index in [1.54, 1.807) is 0 Å². The van der Waals surface area contributed by atoms with Gasteiger partial charge in [0.25, 0.3) is 0 Å². The minimum atomic E-state index is -0.0377. The molecular weight excluding hydrogens is 314 g/mol. The Kier molecular flexibility index (Phi) is 6.85. The molecule has 0 aliphatic carbocycles. The Bertz CT molecular complexity index is 549. The average molecular weight is 348 g/mol. The number of aliphatic hydroxyl groups is 1. The number of aliphatic hydroxyl groups excluding tert-OH is 1. The number of carbonyl (C=O) groups excluding carboxylic acids is 1. The first-order chi connectivity index (χ1) is 11.9. The molecular formula is C20H33N3O2. The second kappa shape index (κ2) is 8.68. The van der Waals surface area contributed by atoms with Gasteiger partial charge in [-0.1, -0.05) is 38.1 Å². The number of piperidine rings is 1. The van der Waals surface area contributed by atoms with E-state index < -0.39 is 0 Å². The molecule has 0 radical (unpaired) electrons. The molecule has 1 saturated heterocycles. The molecule has 5 nitrogen and oxygen atoms in total. The standard InChI is InChI=1S/C20H33N3O2/c1-5-16-6-8-17(9-7-16)18(22(3)4)14-21-19(25)23-12-10-20(2,15-24)11-13-23/h6-9,18,24H,5,10-15H2,1-4H3,(H,21,25)/t18-/m0/s1. The van der Waals surface area contributed by atoms with Gasteiger partial charge in [-0.2, -0.15) is 0 Å². The zero-order chi connectivity index (χ0) is 18.4. The van der Waals surface area contributed by atoms with Gasteiger partial charge in [0.2, 0.25) is 0 Å². The van der Waals surface area contributed by atoms with E-state index in [4.69, 9.17) is 0 Å². The monoisotopic (exact) mass is 347 g/mol. The van der Waals surface area contributed by atoms with Gasteiger partial charge in [0.1, 0.15) is 0 Å². The van der Waals surface area contributed by atoms with Crippen LogP contribution in [0, 0.1) is 5.41 Å². The number of carbonyl (C=O) groups is 1. The molecule has 1 aromatic carbocycles. The lowest BCUT2D eigenvalue weighted by molar-refractivity contribution is 0.0697. The summed E-state index contributed by atoms with van der Waals surface area (Å²) in [7, 11) is 4.08. The number of benzene rings is 1. The summed E-state index contributed by atoms with van der Waals surface area (Å²) in [6.07, 6.45) is 2.74. The first-order valence-electron chi connectivity index (χ1n) is 9.27. The fourth-order valence-electron chi connectivity index (χ4n) is 3.28. The smallest absolute Gasteiger partial charge is 0.317 e. The van der Waals surface area contributed by atoms with Crippen LogP contribution in [0.2, 0.25) is 0 Å². The van der Waals surface area contributed by atoms with Crippen LogP contribution < -0.4 is 5.32 Å². The molecule has 2 N–H and O–H groups in total. The van der Waals surface area contributed by atoms with Crippen molar-refractivity contribution in [3.63, 3.8) is 0 Å². The first kappa shape index (κ1) is 19.7. The third kappa shape index (κ3) is 5.19. The summed E-state index contributed by atoms with van der Waals surface area (Å²) < 4.78 is 0. The normalized spacial score (nSPS) is 18.2. The quantitative estimate of drug-likeness (QED) is 0.832. The third-order valence-electron chi connectivity index (χ3n) is 5.48. The van der Waals surface area contributed by atoms with E-state index in [1.165, 1.54) is 11.1 Å². The van der Waals surface area contributed by atoms with Gasteiger partial charge in [0.05, 0.1) is 6.04 Å². The summed E-state index contributed by atoms with van der Waals surface area (Å²) >= 11 is 0. The number of urea groups is 1. The largest absolute Gasteiger partial charge is 0.396 e. The molecule has 1 heterocycles. The van der Waals surface area contributed by atoms with Gasteiger partial charge in [-0.15, -0.1) is 0 Å². The van der Waals surface area contributed by atoms with Crippen molar-refractivity contribution in [2.24, 2.45) is 5.41 Å². The highest BCUT2D eigenvalue weighted by Gasteiger charge is 2.31. The molecule has 1 fully saturated rings. The van der Waals surface area contributed by atoms with Crippen molar-refractivity contribution in [3.05, 3.63) is 35.4 Å². The minimum Gasteiger partial charge on any atom is -0.396 e. The zero-order valence-electron chi connectivity index (χ0n) is 16.1. The van der Waals surface area contributed by atoms with Gasteiger partial charge in [-0.3, -0.25) is 0 Å². The van der Waals surface area contributed by atoms with Gasteiger partial charge < -0.3 is 20.2 Å². The molecule has 1 aliphatic heterocycles. The van der Waals surface area contributed by atoms with E-state index in [1.807, 2.05) is 19.0 Å². The maximum Gasteiger partial charge on any atom is 0.317 e. The summed E-state index contributed by atoms with van der Waals surface area (Å²) in [6, 6.07) is 8.79. The Balaban J connectivity index is 1.91. The fraction of sp³-hybridized carbons (Fsp3) is 0.650. The Morgan fingerprint density at radius 2 is 1.88 bits per heavy atom. The minimum absolute atomic E-state index is 0.00276. The molecule has 1 aliphatic rings. The Hall–Kier alpha value is -1.59. The Morgan fingerprint density at radius 1 is 1.28 bits per heavy atom. The highest BCUT2D eigenvalue weighted by Crippen LogP contribution is 2.30. The number of rotatable bonds is 6. The van der Waals surface area contributed by atoms with Crippen molar-refractivity contribution in [1.82, 2.24) is 15.1 Å². The molecule has 0 unspecified atom stereocenters. The number of hydrogen-bond acceptors (Lipinski definition) is 3. The molecule has 0 saturated carbocycles. The van der Waals surface area contributed by atoms with E-state index >= 15 is 0 Å². The molecule has 2 amide bonds. The molecule has 0 spiro atoms. The van der Waals surface area contributed by atoms with Gasteiger partial charge >= 0.3 is 6.03 Å². The number of amides is 2. The van der Waals surface area contributed by atoms with Crippen LogP contribution in [0.5, 0.6) is 0 Å². The van der Waals surface area contributed by atoms with Crippen LogP contribution in [0.3, 0.4) is 0 Å². The van der Waals surface area contributed by atoms with E-state index in [2.05, 4.69) is 48.3 Å². The summed E-state index contributed by atoms with van der Waals surface area (Å²) in [4.78, 5) is 16.5. The van der Waals surface area contributed by atoms with Crippen molar-refractivity contribution in [2.75, 3.05) is 40.3 Å². The number of nitrogens with one attached hydrogen (secondary N) is 1. The predicted molar refractivity (Wildman–Crippen MR) is 102 cm³/mol. The summed E-state index contributed by atoms with van der Waals surface area (Å²) in [6.45, 7) is 6.44. The molecule has 140 valence electrons. The number of nitrogens with zero attached hydrogens (tertiary/aromatic N) is 2. The summed E-state index contributed by atoms with van der Waals surface area (Å²) in [5.74, 6) is 0. The van der Waals surface area contributed by atoms with Crippen LogP contribution >= 0.6 is 0 Å². The Labute approximate surface area is 152 Å². The highest BCUT2D eigenvalue weighted by atomic mass is 16.3.